The van der Waals surface area contributed by atoms with E-state index in [9.17, 15) is 9.59 Å². The van der Waals surface area contributed by atoms with Gasteiger partial charge in [-0.05, 0) is 32.9 Å². The zero-order chi connectivity index (χ0) is 16.1. The van der Waals surface area contributed by atoms with Crippen molar-refractivity contribution in [3.63, 3.8) is 0 Å². The lowest BCUT2D eigenvalue weighted by atomic mass is 9.99. The van der Waals surface area contributed by atoms with Crippen LogP contribution in [0, 0.1) is 0 Å². The molecule has 22 heavy (non-hydrogen) atoms. The molecule has 0 aliphatic carbocycles. The highest BCUT2D eigenvalue weighted by atomic mass is 16.5. The predicted octanol–water partition coefficient (Wildman–Crippen LogP) is 1.77. The van der Waals surface area contributed by atoms with Crippen LogP contribution in [-0.4, -0.2) is 40.2 Å². The van der Waals surface area contributed by atoms with Gasteiger partial charge in [0, 0.05) is 13.6 Å². The highest BCUT2D eigenvalue weighted by Gasteiger charge is 2.38. The monoisotopic (exact) mass is 304 g/mol. The molecule has 1 aromatic heterocycles. The van der Waals surface area contributed by atoms with E-state index in [4.69, 9.17) is 9.15 Å². The smallest absolute Gasteiger partial charge is 0.407 e. The van der Waals surface area contributed by atoms with Crippen molar-refractivity contribution in [3.05, 3.63) is 34.3 Å². The van der Waals surface area contributed by atoms with Gasteiger partial charge >= 0.3 is 5.76 Å². The standard InChI is InChI=1S/C16H20N2O4/c1-10-8-18(16(2,3)9-21-10)14(19)11-6-5-7-12-13(11)22-15(20)17(12)4/h5-7,10H,8-9H2,1-4H3/t10-/m1/s1. The van der Waals surface area contributed by atoms with Gasteiger partial charge in [-0.3, -0.25) is 9.36 Å². The van der Waals surface area contributed by atoms with Gasteiger partial charge in [0.2, 0.25) is 0 Å². The summed E-state index contributed by atoms with van der Waals surface area (Å²) in [6.07, 6.45) is -0.0149. The second kappa shape index (κ2) is 4.98. The predicted molar refractivity (Wildman–Crippen MR) is 82.0 cm³/mol. The highest BCUT2D eigenvalue weighted by Crippen LogP contribution is 2.27. The number of amides is 1. The molecule has 1 atom stereocenters. The number of carbonyl (C=O) groups is 1. The van der Waals surface area contributed by atoms with Gasteiger partial charge < -0.3 is 14.1 Å². The number of para-hydroxylation sites is 1. The van der Waals surface area contributed by atoms with Crippen molar-refractivity contribution in [1.29, 1.82) is 0 Å². The lowest BCUT2D eigenvalue weighted by Gasteiger charge is -2.44. The van der Waals surface area contributed by atoms with Crippen LogP contribution in [0.4, 0.5) is 0 Å². The van der Waals surface area contributed by atoms with Crippen molar-refractivity contribution in [1.82, 2.24) is 9.47 Å². The summed E-state index contributed by atoms with van der Waals surface area (Å²) in [6.45, 7) is 6.88. The number of hydrogen-bond acceptors (Lipinski definition) is 4. The summed E-state index contributed by atoms with van der Waals surface area (Å²) < 4.78 is 12.3. The zero-order valence-electron chi connectivity index (χ0n) is 13.3. The molecule has 0 saturated carbocycles. The van der Waals surface area contributed by atoms with Gasteiger partial charge in [-0.2, -0.15) is 0 Å². The number of aromatic nitrogens is 1. The Labute approximate surface area is 128 Å². The number of carbonyl (C=O) groups excluding carboxylic acids is 1. The third-order valence-electron chi connectivity index (χ3n) is 4.19. The average molecular weight is 304 g/mol. The number of morpholine rings is 1. The van der Waals surface area contributed by atoms with Crippen LogP contribution < -0.4 is 5.76 Å². The SMILES string of the molecule is C[C@@H]1CN(C(=O)c2cccc3c2oc(=O)n3C)C(C)(C)CO1. The van der Waals surface area contributed by atoms with Crippen molar-refractivity contribution in [2.75, 3.05) is 13.2 Å². The van der Waals surface area contributed by atoms with Crippen LogP contribution in [0.25, 0.3) is 11.1 Å². The molecule has 0 unspecified atom stereocenters. The zero-order valence-corrected chi connectivity index (χ0v) is 13.3. The molecule has 1 aliphatic rings. The Kier molecular flexibility index (Phi) is 3.36. The normalized spacial score (nSPS) is 21.3. The van der Waals surface area contributed by atoms with Crippen LogP contribution in [0.3, 0.4) is 0 Å². The number of nitrogens with zero attached hydrogens (tertiary/aromatic N) is 2. The lowest BCUT2D eigenvalue weighted by Crippen LogP contribution is -2.57. The minimum absolute atomic E-state index is 0.0149. The highest BCUT2D eigenvalue weighted by molar-refractivity contribution is 6.04. The fraction of sp³-hybridized carbons (Fsp3) is 0.500. The molecular weight excluding hydrogens is 284 g/mol. The van der Waals surface area contributed by atoms with E-state index in [1.54, 1.807) is 30.1 Å². The molecule has 1 saturated heterocycles. The lowest BCUT2D eigenvalue weighted by molar-refractivity contribution is -0.0755. The summed E-state index contributed by atoms with van der Waals surface area (Å²) in [7, 11) is 1.63. The summed E-state index contributed by atoms with van der Waals surface area (Å²) in [5.74, 6) is -0.607. The average Bonchev–Trinajstić information content (AvgIpc) is 2.76. The van der Waals surface area contributed by atoms with E-state index >= 15 is 0 Å². The minimum Gasteiger partial charge on any atom is -0.407 e. The second-order valence-electron chi connectivity index (χ2n) is 6.43. The molecule has 0 spiro atoms. The van der Waals surface area contributed by atoms with Crippen LogP contribution in [0.1, 0.15) is 31.1 Å². The van der Waals surface area contributed by atoms with Crippen LogP contribution in [0.5, 0.6) is 0 Å². The van der Waals surface area contributed by atoms with Crippen molar-refractivity contribution in [3.8, 4) is 0 Å². The molecule has 0 N–H and O–H groups in total. The Morgan fingerprint density at radius 2 is 2.09 bits per heavy atom. The summed E-state index contributed by atoms with van der Waals surface area (Å²) in [6, 6.07) is 5.23. The number of aryl methyl sites for hydroxylation is 1. The van der Waals surface area contributed by atoms with E-state index in [2.05, 4.69) is 0 Å². The number of ether oxygens (including phenoxy) is 1. The Hall–Kier alpha value is -2.08. The van der Waals surface area contributed by atoms with Gasteiger partial charge in [0.15, 0.2) is 5.58 Å². The van der Waals surface area contributed by atoms with Crippen molar-refractivity contribution < 1.29 is 13.9 Å². The van der Waals surface area contributed by atoms with Crippen LogP contribution in [-0.2, 0) is 11.8 Å². The van der Waals surface area contributed by atoms with Crippen molar-refractivity contribution in [2.45, 2.75) is 32.4 Å². The van der Waals surface area contributed by atoms with Crippen LogP contribution in [0.15, 0.2) is 27.4 Å². The molecule has 1 aromatic carbocycles. The van der Waals surface area contributed by atoms with E-state index in [0.717, 1.165) is 0 Å². The first-order chi connectivity index (χ1) is 10.3. The number of fused-ring (bicyclic) bond motifs is 1. The van der Waals surface area contributed by atoms with E-state index in [-0.39, 0.29) is 12.0 Å². The molecule has 1 aliphatic heterocycles. The molecule has 118 valence electrons. The maximum Gasteiger partial charge on any atom is 0.419 e. The maximum absolute atomic E-state index is 13.0. The van der Waals surface area contributed by atoms with E-state index in [1.807, 2.05) is 20.8 Å². The Bertz CT molecular complexity index is 787. The summed E-state index contributed by atoms with van der Waals surface area (Å²) in [4.78, 5) is 26.5. The third kappa shape index (κ3) is 2.23. The summed E-state index contributed by atoms with van der Waals surface area (Å²) in [5, 5.41) is 0. The van der Waals surface area contributed by atoms with Gasteiger partial charge in [0.05, 0.1) is 29.3 Å². The van der Waals surface area contributed by atoms with Crippen LogP contribution in [0.2, 0.25) is 0 Å². The molecule has 0 radical (unpaired) electrons. The molecule has 6 heteroatoms. The molecule has 2 heterocycles. The first-order valence-electron chi connectivity index (χ1n) is 7.33. The molecule has 3 rings (SSSR count). The molecule has 1 amide bonds. The molecule has 6 nitrogen and oxygen atoms in total. The van der Waals surface area contributed by atoms with Crippen molar-refractivity contribution in [2.24, 2.45) is 7.05 Å². The van der Waals surface area contributed by atoms with Gasteiger partial charge in [0.25, 0.3) is 5.91 Å². The Morgan fingerprint density at radius 3 is 2.82 bits per heavy atom. The first-order valence-corrected chi connectivity index (χ1v) is 7.33. The molecular formula is C16H20N2O4. The van der Waals surface area contributed by atoms with Gasteiger partial charge in [-0.25, -0.2) is 4.79 Å². The van der Waals surface area contributed by atoms with Crippen LogP contribution >= 0.6 is 0 Å². The number of rotatable bonds is 1. The second-order valence-corrected chi connectivity index (χ2v) is 6.43. The fourth-order valence-electron chi connectivity index (χ4n) is 2.80. The first kappa shape index (κ1) is 14.8. The van der Waals surface area contributed by atoms with Gasteiger partial charge in [0.1, 0.15) is 0 Å². The largest absolute Gasteiger partial charge is 0.419 e. The quantitative estimate of drug-likeness (QED) is 0.805. The molecule has 0 bridgehead atoms. The van der Waals surface area contributed by atoms with Crippen molar-refractivity contribution >= 4 is 17.0 Å². The van der Waals surface area contributed by atoms with E-state index in [0.29, 0.717) is 29.8 Å². The minimum atomic E-state index is -0.468. The number of hydrogen-bond donors (Lipinski definition) is 0. The Morgan fingerprint density at radius 1 is 1.36 bits per heavy atom. The van der Waals surface area contributed by atoms with Gasteiger partial charge in [-0.15, -0.1) is 0 Å². The number of oxazole rings is 1. The molecule has 2 aromatic rings. The topological polar surface area (TPSA) is 64.7 Å². The fourth-order valence-corrected chi connectivity index (χ4v) is 2.80. The van der Waals surface area contributed by atoms with E-state index in [1.165, 1.54) is 4.57 Å². The third-order valence-corrected chi connectivity index (χ3v) is 4.19. The number of benzene rings is 1. The van der Waals surface area contributed by atoms with E-state index < -0.39 is 11.3 Å². The summed E-state index contributed by atoms with van der Waals surface area (Å²) >= 11 is 0. The molecule has 1 fully saturated rings. The Balaban J connectivity index is 2.09. The van der Waals surface area contributed by atoms with Gasteiger partial charge in [-0.1, -0.05) is 6.07 Å². The summed E-state index contributed by atoms with van der Waals surface area (Å²) in [5.41, 5.74) is 0.975. The maximum atomic E-state index is 13.0.